The maximum Gasteiger partial charge on any atom is 0.269 e. The fraction of sp³-hybridized carbons (Fsp3) is 0.273. The topological polar surface area (TPSA) is 85.6 Å². The summed E-state index contributed by atoms with van der Waals surface area (Å²) in [6.45, 7) is 0.0977. The molecular weight excluding hydrogens is 402 g/mol. The molecule has 1 amide bonds. The number of ether oxygens (including phenoxy) is 2. The van der Waals surface area contributed by atoms with Crippen LogP contribution in [-0.2, 0) is 7.05 Å². The molecule has 0 aliphatic carbocycles. The van der Waals surface area contributed by atoms with Crippen molar-refractivity contribution in [3.8, 4) is 22.8 Å². The molecule has 0 aliphatic rings. The van der Waals surface area contributed by atoms with E-state index in [1.165, 1.54) is 4.68 Å². The van der Waals surface area contributed by atoms with Gasteiger partial charge in [-0.25, -0.2) is 0 Å². The lowest BCUT2D eigenvalue weighted by molar-refractivity contribution is 0.0907. The highest BCUT2D eigenvalue weighted by Crippen LogP contribution is 2.33. The number of nitrogens with zero attached hydrogens (tertiary/aromatic N) is 2. The Morgan fingerprint density at radius 2 is 1.90 bits per heavy atom. The van der Waals surface area contributed by atoms with Crippen LogP contribution in [0.15, 0.2) is 53.4 Å². The molecule has 0 bridgehead atoms. The van der Waals surface area contributed by atoms with Gasteiger partial charge >= 0.3 is 0 Å². The maximum absolute atomic E-state index is 12.7. The number of benzene rings is 2. The van der Waals surface area contributed by atoms with Crippen LogP contribution in [0.25, 0.3) is 11.3 Å². The molecule has 0 fully saturated rings. The zero-order valence-electron chi connectivity index (χ0n) is 17.4. The number of rotatable bonds is 8. The average Bonchev–Trinajstić information content (AvgIpc) is 3.18. The third kappa shape index (κ3) is 4.77. The van der Waals surface area contributed by atoms with E-state index >= 15 is 0 Å². The van der Waals surface area contributed by atoms with Crippen LogP contribution in [-0.4, -0.2) is 47.8 Å². The second-order valence-corrected chi connectivity index (χ2v) is 7.48. The van der Waals surface area contributed by atoms with Gasteiger partial charge in [0.05, 0.1) is 26.0 Å². The van der Waals surface area contributed by atoms with Crippen molar-refractivity contribution in [3.05, 3.63) is 59.8 Å². The zero-order valence-corrected chi connectivity index (χ0v) is 18.2. The molecule has 1 aromatic heterocycles. The molecule has 0 saturated carbocycles. The third-order valence-electron chi connectivity index (χ3n) is 4.75. The van der Waals surface area contributed by atoms with E-state index in [9.17, 15) is 9.90 Å². The SMILES string of the molecule is COc1ccc(OC)c(-c2cc(C(=O)NC[C@@H](O)c3ccc(SC)cc3)n(C)n2)c1. The van der Waals surface area contributed by atoms with Gasteiger partial charge in [-0.15, -0.1) is 11.8 Å². The summed E-state index contributed by atoms with van der Waals surface area (Å²) in [5.41, 5.74) is 2.44. The minimum absolute atomic E-state index is 0.0977. The monoisotopic (exact) mass is 427 g/mol. The smallest absolute Gasteiger partial charge is 0.269 e. The van der Waals surface area contributed by atoms with Crippen molar-refractivity contribution in [2.24, 2.45) is 7.05 Å². The van der Waals surface area contributed by atoms with E-state index in [-0.39, 0.29) is 12.5 Å². The van der Waals surface area contributed by atoms with Gasteiger partial charge in [-0.3, -0.25) is 9.48 Å². The van der Waals surface area contributed by atoms with Crippen molar-refractivity contribution in [3.63, 3.8) is 0 Å². The molecule has 0 unspecified atom stereocenters. The summed E-state index contributed by atoms with van der Waals surface area (Å²) in [5, 5.41) is 17.6. The number of aryl methyl sites for hydroxylation is 1. The number of hydrogen-bond acceptors (Lipinski definition) is 6. The largest absolute Gasteiger partial charge is 0.497 e. The molecule has 0 saturated heterocycles. The number of thioether (sulfide) groups is 1. The summed E-state index contributed by atoms with van der Waals surface area (Å²) in [7, 11) is 4.86. The van der Waals surface area contributed by atoms with Crippen LogP contribution >= 0.6 is 11.8 Å². The van der Waals surface area contributed by atoms with E-state index in [1.54, 1.807) is 51.2 Å². The highest BCUT2D eigenvalue weighted by Gasteiger charge is 2.18. The Balaban J connectivity index is 1.74. The number of carbonyl (C=O) groups is 1. The summed E-state index contributed by atoms with van der Waals surface area (Å²) >= 11 is 1.63. The second-order valence-electron chi connectivity index (χ2n) is 6.60. The minimum atomic E-state index is -0.795. The van der Waals surface area contributed by atoms with E-state index in [4.69, 9.17) is 9.47 Å². The molecule has 2 aromatic carbocycles. The Hall–Kier alpha value is -2.97. The van der Waals surface area contributed by atoms with E-state index in [0.29, 0.717) is 22.9 Å². The van der Waals surface area contributed by atoms with Crippen molar-refractivity contribution in [2.75, 3.05) is 27.0 Å². The van der Waals surface area contributed by atoms with Gasteiger partial charge in [-0.05, 0) is 48.2 Å². The molecule has 1 atom stereocenters. The summed E-state index contributed by atoms with van der Waals surface area (Å²) in [6.07, 6.45) is 1.20. The van der Waals surface area contributed by atoms with Crippen LogP contribution in [0.4, 0.5) is 0 Å². The Morgan fingerprint density at radius 3 is 2.53 bits per heavy atom. The molecule has 3 rings (SSSR count). The van der Waals surface area contributed by atoms with Crippen molar-refractivity contribution < 1.29 is 19.4 Å². The van der Waals surface area contributed by atoms with E-state index in [2.05, 4.69) is 10.4 Å². The number of nitrogens with one attached hydrogen (secondary N) is 1. The van der Waals surface area contributed by atoms with Gasteiger partial charge in [0.15, 0.2) is 0 Å². The van der Waals surface area contributed by atoms with Crippen molar-refractivity contribution in [1.29, 1.82) is 0 Å². The second kappa shape index (κ2) is 9.69. The number of aliphatic hydroxyl groups is 1. The first-order valence-electron chi connectivity index (χ1n) is 9.33. The number of aliphatic hydroxyl groups excluding tert-OH is 1. The zero-order chi connectivity index (χ0) is 21.7. The first-order chi connectivity index (χ1) is 14.5. The predicted octanol–water partition coefficient (Wildman–Crippen LogP) is 3.29. The van der Waals surface area contributed by atoms with E-state index in [1.807, 2.05) is 36.6 Å². The van der Waals surface area contributed by atoms with Crippen LogP contribution in [0.1, 0.15) is 22.2 Å². The lowest BCUT2D eigenvalue weighted by Crippen LogP contribution is -2.29. The maximum atomic E-state index is 12.7. The van der Waals surface area contributed by atoms with Crippen LogP contribution < -0.4 is 14.8 Å². The molecular formula is C22H25N3O4S. The van der Waals surface area contributed by atoms with E-state index in [0.717, 1.165) is 16.0 Å². The Bertz CT molecular complexity index is 1020. The third-order valence-corrected chi connectivity index (χ3v) is 5.50. The van der Waals surface area contributed by atoms with Crippen LogP contribution in [0.3, 0.4) is 0 Å². The average molecular weight is 428 g/mol. The van der Waals surface area contributed by atoms with Gasteiger partial charge in [0.2, 0.25) is 0 Å². The Morgan fingerprint density at radius 1 is 1.17 bits per heavy atom. The lowest BCUT2D eigenvalue weighted by Gasteiger charge is -2.12. The molecule has 0 aliphatic heterocycles. The standard InChI is InChI=1S/C22H25N3O4S/c1-25-19(12-18(24-25)17-11-15(28-2)7-10-21(17)29-3)22(27)23-13-20(26)14-5-8-16(30-4)9-6-14/h5-12,20,26H,13H2,1-4H3,(H,23,27)/t20-/m1/s1. The van der Waals surface area contributed by atoms with Crippen molar-refractivity contribution in [2.45, 2.75) is 11.0 Å². The summed E-state index contributed by atoms with van der Waals surface area (Å²) < 4.78 is 12.2. The summed E-state index contributed by atoms with van der Waals surface area (Å²) in [5.74, 6) is 0.973. The molecule has 0 radical (unpaired) electrons. The number of carbonyl (C=O) groups excluding carboxylic acids is 1. The number of amides is 1. The van der Waals surface area contributed by atoms with Gasteiger partial charge in [0.25, 0.3) is 5.91 Å². The van der Waals surface area contributed by atoms with Gasteiger partial charge in [0, 0.05) is 24.1 Å². The van der Waals surface area contributed by atoms with Crippen LogP contribution in [0.2, 0.25) is 0 Å². The van der Waals surface area contributed by atoms with E-state index < -0.39 is 6.10 Å². The fourth-order valence-corrected chi connectivity index (χ4v) is 3.46. The van der Waals surface area contributed by atoms with Gasteiger partial charge in [0.1, 0.15) is 17.2 Å². The van der Waals surface area contributed by atoms with Gasteiger partial charge in [-0.2, -0.15) is 5.10 Å². The predicted molar refractivity (Wildman–Crippen MR) is 117 cm³/mol. The van der Waals surface area contributed by atoms with Gasteiger partial charge < -0.3 is 19.9 Å². The molecule has 7 nitrogen and oxygen atoms in total. The molecule has 158 valence electrons. The highest BCUT2D eigenvalue weighted by atomic mass is 32.2. The first-order valence-corrected chi connectivity index (χ1v) is 10.6. The first kappa shape index (κ1) is 21.7. The fourth-order valence-electron chi connectivity index (χ4n) is 3.05. The molecule has 3 aromatic rings. The normalized spacial score (nSPS) is 11.8. The van der Waals surface area contributed by atoms with Crippen LogP contribution in [0, 0.1) is 0 Å². The quantitative estimate of drug-likeness (QED) is 0.537. The Labute approximate surface area is 180 Å². The minimum Gasteiger partial charge on any atom is -0.497 e. The van der Waals surface area contributed by atoms with Crippen LogP contribution in [0.5, 0.6) is 11.5 Å². The molecule has 2 N–H and O–H groups in total. The molecule has 8 heteroatoms. The Kier molecular flexibility index (Phi) is 7.02. The molecule has 30 heavy (non-hydrogen) atoms. The number of hydrogen-bond donors (Lipinski definition) is 2. The number of methoxy groups -OCH3 is 2. The van der Waals surface area contributed by atoms with Crippen molar-refractivity contribution >= 4 is 17.7 Å². The molecule has 1 heterocycles. The number of aromatic nitrogens is 2. The highest BCUT2D eigenvalue weighted by molar-refractivity contribution is 7.98. The summed E-state index contributed by atoms with van der Waals surface area (Å²) in [6, 6.07) is 14.7. The van der Waals surface area contributed by atoms with Gasteiger partial charge in [-0.1, -0.05) is 12.1 Å². The molecule has 0 spiro atoms. The van der Waals surface area contributed by atoms with Crippen molar-refractivity contribution in [1.82, 2.24) is 15.1 Å². The lowest BCUT2D eigenvalue weighted by atomic mass is 10.1. The summed E-state index contributed by atoms with van der Waals surface area (Å²) in [4.78, 5) is 13.8.